The van der Waals surface area contributed by atoms with E-state index in [1.54, 1.807) is 0 Å². The maximum atomic E-state index is 10.6. The van der Waals surface area contributed by atoms with Crippen molar-refractivity contribution in [3.8, 4) is 0 Å². The van der Waals surface area contributed by atoms with Crippen LogP contribution in [0.2, 0.25) is 5.02 Å². The van der Waals surface area contributed by atoms with E-state index >= 15 is 0 Å². The summed E-state index contributed by atoms with van der Waals surface area (Å²) in [6.45, 7) is 0. The fourth-order valence-corrected chi connectivity index (χ4v) is 1.40. The van der Waals surface area contributed by atoms with Crippen molar-refractivity contribution in [1.82, 2.24) is 0 Å². The van der Waals surface area contributed by atoms with Crippen molar-refractivity contribution in [2.75, 3.05) is 0 Å². The topological polar surface area (TPSA) is 106 Å². The summed E-state index contributed by atoms with van der Waals surface area (Å²) in [7, 11) is 0. The van der Waals surface area contributed by atoms with Crippen molar-refractivity contribution >= 4 is 23.3 Å². The lowest BCUT2D eigenvalue weighted by molar-refractivity contribution is -0.385. The molecule has 0 heterocycles. The first-order valence-electron chi connectivity index (χ1n) is 3.86. The lowest BCUT2D eigenvalue weighted by Crippen LogP contribution is -2.22. The number of nitro groups is 1. The summed E-state index contributed by atoms with van der Waals surface area (Å²) in [4.78, 5) is 20.5. The Morgan fingerprint density at radius 3 is 2.67 bits per heavy atom. The number of carboxylic acid groups (broad SMARTS) is 1. The number of nitrogens with two attached hydrogens (primary N) is 1. The summed E-state index contributed by atoms with van der Waals surface area (Å²) in [6, 6.07) is 2.37. The van der Waals surface area contributed by atoms with Gasteiger partial charge < -0.3 is 10.8 Å². The molecule has 0 saturated heterocycles. The zero-order valence-corrected chi connectivity index (χ0v) is 8.14. The molecule has 1 rings (SSSR count). The average molecular weight is 231 g/mol. The number of benzene rings is 1. The molecule has 0 spiro atoms. The minimum Gasteiger partial charge on any atom is -0.480 e. The third-order valence-corrected chi connectivity index (χ3v) is 2.13. The van der Waals surface area contributed by atoms with E-state index in [2.05, 4.69) is 0 Å². The molecule has 7 heteroatoms. The minimum atomic E-state index is -1.50. The zero-order chi connectivity index (χ0) is 11.6. The van der Waals surface area contributed by atoms with E-state index in [1.807, 2.05) is 0 Å². The quantitative estimate of drug-likeness (QED) is 0.602. The molecule has 0 aliphatic carbocycles. The molecule has 1 aromatic rings. The van der Waals surface area contributed by atoms with Gasteiger partial charge in [0.2, 0.25) is 0 Å². The van der Waals surface area contributed by atoms with Crippen molar-refractivity contribution in [3.05, 3.63) is 38.9 Å². The van der Waals surface area contributed by atoms with Gasteiger partial charge in [-0.05, 0) is 6.07 Å². The normalized spacial score (nSPS) is 12.1. The Bertz CT molecular complexity index is 421. The molecule has 0 radical (unpaired) electrons. The van der Waals surface area contributed by atoms with Gasteiger partial charge in [0.05, 0.1) is 15.5 Å². The number of nitrogens with zero attached hydrogens (tertiary/aromatic N) is 1. The van der Waals surface area contributed by atoms with Gasteiger partial charge in [-0.25, -0.2) is 0 Å². The summed E-state index contributed by atoms with van der Waals surface area (Å²) >= 11 is 5.66. The van der Waals surface area contributed by atoms with Crippen molar-refractivity contribution in [2.45, 2.75) is 6.04 Å². The highest BCUT2D eigenvalue weighted by Gasteiger charge is 2.26. The fourth-order valence-electron chi connectivity index (χ4n) is 1.12. The Hall–Kier alpha value is -1.66. The molecule has 15 heavy (non-hydrogen) atoms. The first-order valence-corrected chi connectivity index (χ1v) is 4.24. The maximum Gasteiger partial charge on any atom is 0.325 e. The number of rotatable bonds is 3. The Morgan fingerprint density at radius 2 is 2.20 bits per heavy atom. The molecule has 0 unspecified atom stereocenters. The number of carbonyl (C=O) groups is 1. The molecule has 0 amide bonds. The van der Waals surface area contributed by atoms with Gasteiger partial charge in [0.15, 0.2) is 0 Å². The van der Waals surface area contributed by atoms with E-state index in [9.17, 15) is 14.9 Å². The van der Waals surface area contributed by atoms with Crippen LogP contribution >= 0.6 is 11.6 Å². The van der Waals surface area contributed by atoms with Crippen LogP contribution in [0.3, 0.4) is 0 Å². The van der Waals surface area contributed by atoms with Crippen molar-refractivity contribution < 1.29 is 14.8 Å². The van der Waals surface area contributed by atoms with Crippen molar-refractivity contribution in [2.24, 2.45) is 5.73 Å². The van der Waals surface area contributed by atoms with Crippen LogP contribution in [-0.4, -0.2) is 16.0 Å². The third-order valence-electron chi connectivity index (χ3n) is 1.80. The molecule has 0 saturated carbocycles. The maximum absolute atomic E-state index is 10.6. The number of aliphatic carboxylic acids is 1. The van der Waals surface area contributed by atoms with E-state index in [0.717, 1.165) is 6.07 Å². The van der Waals surface area contributed by atoms with Gasteiger partial charge in [-0.1, -0.05) is 17.7 Å². The van der Waals surface area contributed by atoms with Gasteiger partial charge in [-0.2, -0.15) is 0 Å². The van der Waals surface area contributed by atoms with Crippen LogP contribution in [0.1, 0.15) is 11.6 Å². The number of hydrogen-bond acceptors (Lipinski definition) is 4. The summed E-state index contributed by atoms with van der Waals surface area (Å²) in [5.74, 6) is -1.37. The van der Waals surface area contributed by atoms with Crippen LogP contribution in [0.5, 0.6) is 0 Å². The molecular formula is C8H7ClN2O4. The van der Waals surface area contributed by atoms with Gasteiger partial charge >= 0.3 is 5.97 Å². The molecule has 80 valence electrons. The summed E-state index contributed by atoms with van der Waals surface area (Å²) in [6.07, 6.45) is 0. The second-order valence-electron chi connectivity index (χ2n) is 2.75. The number of nitro benzene ring substituents is 1. The lowest BCUT2D eigenvalue weighted by atomic mass is 10.1. The summed E-state index contributed by atoms with van der Waals surface area (Å²) < 4.78 is 0. The molecule has 6 nitrogen and oxygen atoms in total. The van der Waals surface area contributed by atoms with Crippen LogP contribution in [0, 0.1) is 10.1 Å². The minimum absolute atomic E-state index is 0.0286. The van der Waals surface area contributed by atoms with Gasteiger partial charge in [0.25, 0.3) is 5.69 Å². The van der Waals surface area contributed by atoms with Crippen LogP contribution in [0.15, 0.2) is 18.2 Å². The smallest absolute Gasteiger partial charge is 0.325 e. The van der Waals surface area contributed by atoms with E-state index < -0.39 is 22.6 Å². The largest absolute Gasteiger partial charge is 0.480 e. The van der Waals surface area contributed by atoms with E-state index in [4.69, 9.17) is 22.4 Å². The highest BCUT2D eigenvalue weighted by Crippen LogP contribution is 2.30. The molecule has 0 bridgehead atoms. The highest BCUT2D eigenvalue weighted by atomic mass is 35.5. The Kier molecular flexibility index (Phi) is 3.23. The first-order chi connectivity index (χ1) is 6.95. The highest BCUT2D eigenvalue weighted by molar-refractivity contribution is 6.32. The standard InChI is InChI=1S/C8H7ClN2O4/c9-4-2-1-3-5(11(14)15)6(4)7(10)8(12)13/h1-3,7H,10H2,(H,12,13)/t7-/m0/s1. The average Bonchev–Trinajstić information content (AvgIpc) is 2.16. The first kappa shape index (κ1) is 11.4. The molecule has 1 aromatic carbocycles. The predicted octanol–water partition coefficient (Wildman–Crippen LogP) is 1.33. The Labute approximate surface area is 89.4 Å². The Morgan fingerprint density at radius 1 is 1.60 bits per heavy atom. The van der Waals surface area contributed by atoms with Gasteiger partial charge in [-0.15, -0.1) is 0 Å². The summed E-state index contributed by atoms with van der Waals surface area (Å²) in [5.41, 5.74) is 4.71. The predicted molar refractivity (Wildman–Crippen MR) is 52.7 cm³/mol. The van der Waals surface area contributed by atoms with E-state index in [1.165, 1.54) is 12.1 Å². The lowest BCUT2D eigenvalue weighted by Gasteiger charge is -2.08. The number of hydrogen-bond donors (Lipinski definition) is 2. The second kappa shape index (κ2) is 4.24. The van der Waals surface area contributed by atoms with E-state index in [0.29, 0.717) is 0 Å². The molecule has 0 aliphatic rings. The van der Waals surface area contributed by atoms with Crippen LogP contribution in [0.25, 0.3) is 0 Å². The third kappa shape index (κ3) is 2.23. The zero-order valence-electron chi connectivity index (χ0n) is 7.38. The van der Waals surface area contributed by atoms with Gasteiger partial charge in [0, 0.05) is 6.07 Å². The van der Waals surface area contributed by atoms with E-state index in [-0.39, 0.29) is 10.6 Å². The van der Waals surface area contributed by atoms with Crippen molar-refractivity contribution in [1.29, 1.82) is 0 Å². The molecular weight excluding hydrogens is 224 g/mol. The fraction of sp³-hybridized carbons (Fsp3) is 0.125. The van der Waals surface area contributed by atoms with Crippen LogP contribution in [0.4, 0.5) is 5.69 Å². The van der Waals surface area contributed by atoms with Crippen LogP contribution in [-0.2, 0) is 4.79 Å². The SMILES string of the molecule is N[C@H](C(=O)O)c1c(Cl)cccc1[N+](=O)[O-]. The second-order valence-corrected chi connectivity index (χ2v) is 3.15. The molecule has 0 aliphatic heterocycles. The van der Waals surface area contributed by atoms with Crippen molar-refractivity contribution in [3.63, 3.8) is 0 Å². The Balaban J connectivity index is 3.37. The molecule has 0 fully saturated rings. The van der Waals surface area contributed by atoms with Gasteiger partial charge in [0.1, 0.15) is 6.04 Å². The molecule has 3 N–H and O–H groups in total. The molecule has 1 atom stereocenters. The molecule has 0 aromatic heterocycles. The number of halogens is 1. The monoisotopic (exact) mass is 230 g/mol. The number of carboxylic acids is 1. The summed E-state index contributed by atoms with van der Waals surface area (Å²) in [5, 5.41) is 19.2. The van der Waals surface area contributed by atoms with Crippen LogP contribution < -0.4 is 5.73 Å². The van der Waals surface area contributed by atoms with Gasteiger partial charge in [-0.3, -0.25) is 14.9 Å².